The smallest absolute Gasteiger partial charge is 0.108 e. The lowest BCUT2D eigenvalue weighted by atomic mass is 9.76. The second-order valence-corrected chi connectivity index (χ2v) is 4.37. The molecule has 0 aromatic carbocycles. The first-order valence-electron chi connectivity index (χ1n) is 5.60. The van der Waals surface area contributed by atoms with Crippen LogP contribution < -0.4 is 5.73 Å². The molecule has 0 bridgehead atoms. The quantitative estimate of drug-likeness (QED) is 0.784. The van der Waals surface area contributed by atoms with E-state index < -0.39 is 0 Å². The van der Waals surface area contributed by atoms with E-state index in [0.717, 1.165) is 18.1 Å². The average Bonchev–Trinajstić information content (AvgIpc) is 2.71. The van der Waals surface area contributed by atoms with Crippen molar-refractivity contribution >= 4 is 0 Å². The third-order valence-corrected chi connectivity index (χ3v) is 3.50. The van der Waals surface area contributed by atoms with E-state index in [4.69, 9.17) is 10.2 Å². The van der Waals surface area contributed by atoms with E-state index in [2.05, 4.69) is 13.0 Å². The molecule has 3 unspecified atom stereocenters. The topological polar surface area (TPSA) is 39.2 Å². The average molecular weight is 193 g/mol. The fourth-order valence-electron chi connectivity index (χ4n) is 2.48. The lowest BCUT2D eigenvalue weighted by Crippen LogP contribution is -2.34. The summed E-state index contributed by atoms with van der Waals surface area (Å²) in [5, 5.41) is 0. The minimum atomic E-state index is 0.295. The van der Waals surface area contributed by atoms with Crippen LogP contribution in [0.25, 0.3) is 0 Å². The van der Waals surface area contributed by atoms with Gasteiger partial charge in [-0.05, 0) is 37.3 Å². The number of rotatable bonds is 2. The fraction of sp³-hybridized carbons (Fsp3) is 0.667. The van der Waals surface area contributed by atoms with E-state index in [-0.39, 0.29) is 0 Å². The highest BCUT2D eigenvalue weighted by Crippen LogP contribution is 2.36. The molecule has 0 spiro atoms. The fourth-order valence-corrected chi connectivity index (χ4v) is 2.48. The molecule has 1 aliphatic rings. The van der Waals surface area contributed by atoms with Gasteiger partial charge in [-0.1, -0.05) is 13.3 Å². The summed E-state index contributed by atoms with van der Waals surface area (Å²) in [6.45, 7) is 2.26. The maximum Gasteiger partial charge on any atom is 0.108 e. The minimum absolute atomic E-state index is 0.295. The summed E-state index contributed by atoms with van der Waals surface area (Å²) in [6, 6.07) is 4.31. The largest absolute Gasteiger partial charge is 0.469 e. The van der Waals surface area contributed by atoms with E-state index in [9.17, 15) is 0 Å². The van der Waals surface area contributed by atoms with Crippen LogP contribution >= 0.6 is 0 Å². The molecular formula is C12H19NO. The zero-order valence-corrected chi connectivity index (χ0v) is 8.78. The summed E-state index contributed by atoms with van der Waals surface area (Å²) in [7, 11) is 0. The van der Waals surface area contributed by atoms with E-state index >= 15 is 0 Å². The van der Waals surface area contributed by atoms with Crippen molar-refractivity contribution in [3.8, 4) is 0 Å². The van der Waals surface area contributed by atoms with Gasteiger partial charge in [-0.25, -0.2) is 0 Å². The molecule has 1 aromatic rings. The Morgan fingerprint density at radius 1 is 1.50 bits per heavy atom. The van der Waals surface area contributed by atoms with Gasteiger partial charge in [0.1, 0.15) is 5.76 Å². The summed E-state index contributed by atoms with van der Waals surface area (Å²) in [4.78, 5) is 0. The number of hydrogen-bond acceptors (Lipinski definition) is 2. The van der Waals surface area contributed by atoms with Gasteiger partial charge in [0, 0.05) is 12.0 Å². The third kappa shape index (κ3) is 1.85. The standard InChI is InChI=1S/C12H19NO/c1-2-9-5-6-11(13)10(8-9)12-4-3-7-14-12/h3-4,7,9-11H,2,5-6,8,13H2,1H3. The molecule has 1 aromatic heterocycles. The Bertz CT molecular complexity index is 268. The van der Waals surface area contributed by atoms with E-state index in [1.165, 1.54) is 19.3 Å². The van der Waals surface area contributed by atoms with Crippen molar-refractivity contribution in [3.05, 3.63) is 24.2 Å². The summed E-state index contributed by atoms with van der Waals surface area (Å²) in [5.41, 5.74) is 6.13. The normalized spacial score (nSPS) is 33.1. The van der Waals surface area contributed by atoms with Crippen LogP contribution in [0.3, 0.4) is 0 Å². The molecular weight excluding hydrogens is 174 g/mol. The van der Waals surface area contributed by atoms with Crippen LogP contribution in [0.5, 0.6) is 0 Å². The molecule has 0 amide bonds. The van der Waals surface area contributed by atoms with Gasteiger partial charge in [0.05, 0.1) is 6.26 Å². The molecule has 0 aliphatic heterocycles. The Morgan fingerprint density at radius 2 is 2.36 bits per heavy atom. The van der Waals surface area contributed by atoms with Gasteiger partial charge >= 0.3 is 0 Å². The summed E-state index contributed by atoms with van der Waals surface area (Å²) in [5.74, 6) is 2.37. The summed E-state index contributed by atoms with van der Waals surface area (Å²) in [6.07, 6.45) is 6.64. The van der Waals surface area contributed by atoms with Gasteiger partial charge in [0.15, 0.2) is 0 Å². The predicted molar refractivity (Wildman–Crippen MR) is 57.1 cm³/mol. The van der Waals surface area contributed by atoms with Gasteiger partial charge in [0.2, 0.25) is 0 Å². The van der Waals surface area contributed by atoms with Gasteiger partial charge in [0.25, 0.3) is 0 Å². The lowest BCUT2D eigenvalue weighted by molar-refractivity contribution is 0.257. The van der Waals surface area contributed by atoms with E-state index in [1.807, 2.05) is 6.07 Å². The Kier molecular flexibility index (Phi) is 2.92. The third-order valence-electron chi connectivity index (χ3n) is 3.50. The van der Waals surface area contributed by atoms with E-state index in [0.29, 0.717) is 12.0 Å². The van der Waals surface area contributed by atoms with Gasteiger partial charge in [-0.3, -0.25) is 0 Å². The number of hydrogen-bond donors (Lipinski definition) is 1. The van der Waals surface area contributed by atoms with Crippen LogP contribution in [0.15, 0.2) is 22.8 Å². The molecule has 2 heteroatoms. The monoisotopic (exact) mass is 193 g/mol. The maximum atomic E-state index is 6.13. The second kappa shape index (κ2) is 4.18. The molecule has 2 rings (SSSR count). The van der Waals surface area contributed by atoms with Crippen molar-refractivity contribution in [3.63, 3.8) is 0 Å². The zero-order valence-electron chi connectivity index (χ0n) is 8.78. The molecule has 0 radical (unpaired) electrons. The molecule has 3 atom stereocenters. The highest BCUT2D eigenvalue weighted by atomic mass is 16.3. The van der Waals surface area contributed by atoms with Gasteiger partial charge in [-0.15, -0.1) is 0 Å². The van der Waals surface area contributed by atoms with Crippen LogP contribution in [-0.2, 0) is 0 Å². The van der Waals surface area contributed by atoms with Crippen LogP contribution in [0.1, 0.15) is 44.3 Å². The lowest BCUT2D eigenvalue weighted by Gasteiger charge is -2.32. The van der Waals surface area contributed by atoms with Gasteiger partial charge in [-0.2, -0.15) is 0 Å². The van der Waals surface area contributed by atoms with E-state index in [1.54, 1.807) is 6.26 Å². The van der Waals surface area contributed by atoms with Crippen LogP contribution in [0.4, 0.5) is 0 Å². The molecule has 1 saturated carbocycles. The zero-order chi connectivity index (χ0) is 9.97. The van der Waals surface area contributed by atoms with Crippen LogP contribution in [0, 0.1) is 5.92 Å². The second-order valence-electron chi connectivity index (χ2n) is 4.37. The highest BCUT2D eigenvalue weighted by molar-refractivity contribution is 5.10. The molecule has 14 heavy (non-hydrogen) atoms. The molecule has 0 saturated heterocycles. The van der Waals surface area contributed by atoms with Gasteiger partial charge < -0.3 is 10.2 Å². The first-order valence-corrected chi connectivity index (χ1v) is 5.60. The van der Waals surface area contributed by atoms with Crippen molar-refractivity contribution in [2.24, 2.45) is 11.7 Å². The van der Waals surface area contributed by atoms with Crippen LogP contribution in [0.2, 0.25) is 0 Å². The van der Waals surface area contributed by atoms with Crippen molar-refractivity contribution in [2.45, 2.75) is 44.6 Å². The van der Waals surface area contributed by atoms with Crippen molar-refractivity contribution < 1.29 is 4.42 Å². The Balaban J connectivity index is 2.09. The van der Waals surface area contributed by atoms with Crippen molar-refractivity contribution in [2.75, 3.05) is 0 Å². The van der Waals surface area contributed by atoms with Crippen LogP contribution in [-0.4, -0.2) is 6.04 Å². The Morgan fingerprint density at radius 3 is 3.00 bits per heavy atom. The Hall–Kier alpha value is -0.760. The summed E-state index contributed by atoms with van der Waals surface area (Å²) >= 11 is 0. The van der Waals surface area contributed by atoms with Crippen molar-refractivity contribution in [1.29, 1.82) is 0 Å². The highest BCUT2D eigenvalue weighted by Gasteiger charge is 2.29. The summed E-state index contributed by atoms with van der Waals surface area (Å²) < 4.78 is 5.46. The maximum absolute atomic E-state index is 6.13. The minimum Gasteiger partial charge on any atom is -0.469 e. The molecule has 1 heterocycles. The Labute approximate surface area is 85.5 Å². The number of nitrogens with two attached hydrogens (primary N) is 1. The first-order chi connectivity index (χ1) is 6.81. The molecule has 1 fully saturated rings. The molecule has 2 N–H and O–H groups in total. The van der Waals surface area contributed by atoms with Crippen molar-refractivity contribution in [1.82, 2.24) is 0 Å². The SMILES string of the molecule is CCC1CCC(N)C(c2ccco2)C1. The predicted octanol–water partition coefficient (Wildman–Crippen LogP) is 2.90. The molecule has 2 nitrogen and oxygen atoms in total. The number of furan rings is 1. The molecule has 1 aliphatic carbocycles. The molecule has 78 valence electrons. The first kappa shape index (κ1) is 9.78.